The molecule has 1 atom stereocenters. The highest BCUT2D eigenvalue weighted by molar-refractivity contribution is 5.63. The Kier molecular flexibility index (Phi) is 4.78. The average Bonchev–Trinajstić information content (AvgIpc) is 3.46. The van der Waals surface area contributed by atoms with E-state index < -0.39 is 0 Å². The molecule has 0 saturated carbocycles. The molecule has 1 aromatic heterocycles. The lowest BCUT2D eigenvalue weighted by Crippen LogP contribution is -2.35. The largest absolute Gasteiger partial charge is 0.493 e. The fourth-order valence-corrected chi connectivity index (χ4v) is 4.26. The van der Waals surface area contributed by atoms with Crippen molar-refractivity contribution in [2.45, 2.75) is 12.5 Å². The Labute approximate surface area is 179 Å². The highest BCUT2D eigenvalue weighted by Crippen LogP contribution is 2.50. The molecule has 0 spiro atoms. The van der Waals surface area contributed by atoms with Gasteiger partial charge in [-0.1, -0.05) is 0 Å². The highest BCUT2D eigenvalue weighted by Gasteiger charge is 2.37. The Bertz CT molecular complexity index is 1130. The maximum Gasteiger partial charge on any atom is 0.231 e. The van der Waals surface area contributed by atoms with Gasteiger partial charge in [0.1, 0.15) is 6.04 Å². The first-order valence-corrected chi connectivity index (χ1v) is 9.86. The van der Waals surface area contributed by atoms with Gasteiger partial charge in [0.15, 0.2) is 28.8 Å². The highest BCUT2D eigenvalue weighted by atomic mass is 16.7. The molecule has 31 heavy (non-hydrogen) atoms. The molecule has 0 saturated heterocycles. The number of tetrazole rings is 1. The fourth-order valence-electron chi connectivity index (χ4n) is 4.26. The third-order valence-electron chi connectivity index (χ3n) is 5.75. The van der Waals surface area contributed by atoms with Crippen molar-refractivity contribution in [1.29, 1.82) is 0 Å². The number of benzene rings is 2. The predicted molar refractivity (Wildman–Crippen MR) is 110 cm³/mol. The van der Waals surface area contributed by atoms with Gasteiger partial charge in [-0.25, -0.2) is 0 Å². The molecule has 162 valence electrons. The molecule has 0 unspecified atom stereocenters. The van der Waals surface area contributed by atoms with Crippen LogP contribution in [-0.2, 0) is 6.42 Å². The lowest BCUT2D eigenvalue weighted by molar-refractivity contribution is 0.170. The molecule has 10 nitrogen and oxygen atoms in total. The lowest BCUT2D eigenvalue weighted by Gasteiger charge is -2.34. The predicted octanol–water partition coefficient (Wildman–Crippen LogP) is 1.99. The van der Waals surface area contributed by atoms with E-state index in [0.717, 1.165) is 29.8 Å². The van der Waals surface area contributed by atoms with Gasteiger partial charge in [0.05, 0.1) is 27.0 Å². The van der Waals surface area contributed by atoms with Crippen LogP contribution in [0.5, 0.6) is 28.7 Å². The number of hydrogen-bond donors (Lipinski definition) is 0. The van der Waals surface area contributed by atoms with E-state index >= 15 is 0 Å². The van der Waals surface area contributed by atoms with Crippen molar-refractivity contribution in [2.75, 3.05) is 41.7 Å². The summed E-state index contributed by atoms with van der Waals surface area (Å²) in [6.45, 7) is 1.01. The molecule has 0 bridgehead atoms. The van der Waals surface area contributed by atoms with Crippen LogP contribution in [-0.4, -0.2) is 66.8 Å². The molecule has 0 amide bonds. The van der Waals surface area contributed by atoms with Crippen LogP contribution in [0.25, 0.3) is 5.69 Å². The summed E-state index contributed by atoms with van der Waals surface area (Å²) in [4.78, 5) is 2.20. The Morgan fingerprint density at radius 2 is 1.87 bits per heavy atom. The molecule has 0 N–H and O–H groups in total. The molecule has 3 heterocycles. The second kappa shape index (κ2) is 7.62. The number of ether oxygens (including phenoxy) is 5. The van der Waals surface area contributed by atoms with E-state index in [1.54, 1.807) is 26.0 Å². The van der Waals surface area contributed by atoms with E-state index in [1.165, 1.54) is 0 Å². The molecular weight excluding hydrogens is 402 g/mol. The summed E-state index contributed by atoms with van der Waals surface area (Å²) >= 11 is 0. The topological polar surface area (TPSA) is 93.0 Å². The first-order chi connectivity index (χ1) is 15.2. The molecule has 0 aliphatic carbocycles. The van der Waals surface area contributed by atoms with E-state index in [9.17, 15) is 0 Å². The van der Waals surface area contributed by atoms with Gasteiger partial charge in [-0.3, -0.25) is 4.90 Å². The molecule has 0 fully saturated rings. The molecule has 0 radical (unpaired) electrons. The monoisotopic (exact) mass is 425 g/mol. The van der Waals surface area contributed by atoms with Crippen LogP contribution in [0.4, 0.5) is 0 Å². The molecular formula is C21H23N5O5. The van der Waals surface area contributed by atoms with Gasteiger partial charge in [-0.2, -0.15) is 4.68 Å². The van der Waals surface area contributed by atoms with Gasteiger partial charge in [-0.15, -0.1) is 5.10 Å². The van der Waals surface area contributed by atoms with Gasteiger partial charge < -0.3 is 23.7 Å². The van der Waals surface area contributed by atoms with Crippen molar-refractivity contribution in [1.82, 2.24) is 25.1 Å². The van der Waals surface area contributed by atoms with Crippen LogP contribution in [0.3, 0.4) is 0 Å². The minimum Gasteiger partial charge on any atom is -0.493 e. The maximum atomic E-state index is 5.80. The maximum absolute atomic E-state index is 5.80. The Morgan fingerprint density at radius 1 is 1.03 bits per heavy atom. The summed E-state index contributed by atoms with van der Waals surface area (Å²) in [6.07, 6.45) is 0.854. The summed E-state index contributed by atoms with van der Waals surface area (Å²) in [7, 11) is 6.89. The van der Waals surface area contributed by atoms with Crippen molar-refractivity contribution < 1.29 is 23.7 Å². The second-order valence-electron chi connectivity index (χ2n) is 7.34. The smallest absolute Gasteiger partial charge is 0.231 e. The van der Waals surface area contributed by atoms with Crippen LogP contribution < -0.4 is 23.7 Å². The number of aromatic nitrogens is 4. The van der Waals surface area contributed by atoms with E-state index in [-0.39, 0.29) is 12.8 Å². The third-order valence-corrected chi connectivity index (χ3v) is 5.75. The number of nitrogens with zero attached hydrogens (tertiary/aromatic N) is 5. The number of methoxy groups -OCH3 is 3. The summed E-state index contributed by atoms with van der Waals surface area (Å²) in [5.74, 6) is 3.87. The van der Waals surface area contributed by atoms with E-state index in [1.807, 2.05) is 31.3 Å². The zero-order valence-electron chi connectivity index (χ0n) is 17.8. The Morgan fingerprint density at radius 3 is 2.65 bits per heavy atom. The minimum atomic E-state index is -0.240. The van der Waals surface area contributed by atoms with Gasteiger partial charge in [0.25, 0.3) is 0 Å². The number of hydrogen-bond acceptors (Lipinski definition) is 9. The molecule has 3 aromatic rings. The fraction of sp³-hybridized carbons (Fsp3) is 0.381. The van der Waals surface area contributed by atoms with Crippen molar-refractivity contribution >= 4 is 0 Å². The van der Waals surface area contributed by atoms with Crippen LogP contribution >= 0.6 is 0 Å². The summed E-state index contributed by atoms with van der Waals surface area (Å²) in [5, 5.41) is 12.6. The minimum absolute atomic E-state index is 0.179. The van der Waals surface area contributed by atoms with Crippen molar-refractivity contribution in [3.8, 4) is 34.4 Å². The second-order valence-corrected chi connectivity index (χ2v) is 7.34. The first-order valence-electron chi connectivity index (χ1n) is 9.86. The van der Waals surface area contributed by atoms with Gasteiger partial charge in [0.2, 0.25) is 12.5 Å². The average molecular weight is 425 g/mol. The summed E-state index contributed by atoms with van der Waals surface area (Å²) in [5.41, 5.74) is 2.88. The van der Waals surface area contributed by atoms with Crippen molar-refractivity contribution in [3.05, 3.63) is 41.2 Å². The van der Waals surface area contributed by atoms with Crippen LogP contribution in [0.1, 0.15) is 23.0 Å². The van der Waals surface area contributed by atoms with Crippen molar-refractivity contribution in [2.24, 2.45) is 0 Å². The number of rotatable bonds is 5. The van der Waals surface area contributed by atoms with Gasteiger partial charge >= 0.3 is 0 Å². The zero-order valence-corrected chi connectivity index (χ0v) is 17.8. The lowest BCUT2D eigenvalue weighted by atomic mass is 9.90. The molecule has 2 aliphatic heterocycles. The summed E-state index contributed by atoms with van der Waals surface area (Å²) < 4.78 is 29.6. The SMILES string of the molecule is COc1ccc(-n2nnnc2[C@H]2c3c(cc4c(c3OC)OCO4)CCN2C)cc1OC. The molecule has 2 aromatic carbocycles. The van der Waals surface area contributed by atoms with E-state index in [0.29, 0.717) is 34.6 Å². The quantitative estimate of drug-likeness (QED) is 0.608. The molecule has 2 aliphatic rings. The third kappa shape index (κ3) is 3.02. The van der Waals surface area contributed by atoms with Crippen molar-refractivity contribution in [3.63, 3.8) is 0 Å². The van der Waals surface area contributed by atoms with Gasteiger partial charge in [0, 0.05) is 18.2 Å². The first kappa shape index (κ1) is 19.4. The Hall–Kier alpha value is -3.53. The molecule has 5 rings (SSSR count). The van der Waals surface area contributed by atoms with Crippen LogP contribution in [0, 0.1) is 0 Å². The van der Waals surface area contributed by atoms with E-state index in [2.05, 4.69) is 20.4 Å². The zero-order chi connectivity index (χ0) is 21.5. The normalized spacial score (nSPS) is 17.4. The Balaban J connectivity index is 1.67. The number of fused-ring (bicyclic) bond motifs is 2. The molecule has 10 heteroatoms. The standard InChI is InChI=1S/C21H23N5O5/c1-25-8-7-12-9-16-19(31-11-30-16)20(29-4)17(12)18(25)21-22-23-24-26(21)13-5-6-14(27-2)15(10-13)28-3/h5-6,9-10,18H,7-8,11H2,1-4H3/t18-/m1/s1. The van der Waals surface area contributed by atoms with Crippen LogP contribution in [0.15, 0.2) is 24.3 Å². The number of likely N-dealkylation sites (N-methyl/N-ethyl adjacent to an activating group) is 1. The summed E-state index contributed by atoms with van der Waals surface area (Å²) in [6, 6.07) is 7.36. The van der Waals surface area contributed by atoms with Gasteiger partial charge in [-0.05, 0) is 47.7 Å². The van der Waals surface area contributed by atoms with Crippen LogP contribution in [0.2, 0.25) is 0 Å². The van der Waals surface area contributed by atoms with E-state index in [4.69, 9.17) is 23.7 Å².